The van der Waals surface area contributed by atoms with Gasteiger partial charge in [-0.25, -0.2) is 4.79 Å². The Balaban J connectivity index is 2.37. The highest BCUT2D eigenvalue weighted by atomic mass is 16.6. The second-order valence-corrected chi connectivity index (χ2v) is 5.67. The Morgan fingerprint density at radius 1 is 0.857 bits per heavy atom. The van der Waals surface area contributed by atoms with Crippen LogP contribution in [-0.4, -0.2) is 22.9 Å². The van der Waals surface area contributed by atoms with Crippen molar-refractivity contribution in [3.05, 3.63) is 55.0 Å². The summed E-state index contributed by atoms with van der Waals surface area (Å²) >= 11 is 0. The van der Waals surface area contributed by atoms with Crippen molar-refractivity contribution in [3.63, 3.8) is 0 Å². The monoisotopic (exact) mass is 383 g/mol. The van der Waals surface area contributed by atoms with Crippen LogP contribution in [-0.2, 0) is 9.63 Å². The molecule has 0 fully saturated rings. The van der Waals surface area contributed by atoms with E-state index in [1.54, 1.807) is 0 Å². The average molecular weight is 383 g/mol. The summed E-state index contributed by atoms with van der Waals surface area (Å²) in [5, 5.41) is 24.0. The summed E-state index contributed by atoms with van der Waals surface area (Å²) in [5.41, 5.74) is -0.292. The number of rotatable bonds is 7. The molecular weight excluding hydrogens is 374 g/mol. The topological polar surface area (TPSA) is 177 Å². The number of benzene rings is 2. The number of nitrogens with zero attached hydrogens (tertiary/aromatic N) is 5. The molecule has 0 heterocycles. The SMILES string of the molecule is C[C@H](ON=C1c2cc(N=O)cc(N=O)c2-c2c(N=O)cc(N=O)cc21)C(=O)O. The first kappa shape index (κ1) is 18.6. The number of oxime groups is 1. The van der Waals surface area contributed by atoms with Crippen molar-refractivity contribution in [1.82, 2.24) is 0 Å². The maximum absolute atomic E-state index is 11.3. The van der Waals surface area contributed by atoms with Gasteiger partial charge in [-0.15, -0.1) is 19.6 Å². The van der Waals surface area contributed by atoms with Gasteiger partial charge in [0.15, 0.2) is 0 Å². The van der Waals surface area contributed by atoms with E-state index < -0.39 is 12.1 Å². The molecule has 2 aromatic carbocycles. The van der Waals surface area contributed by atoms with Crippen molar-refractivity contribution in [2.75, 3.05) is 0 Å². The molecule has 0 bridgehead atoms. The minimum absolute atomic E-state index is 0.0381. The van der Waals surface area contributed by atoms with E-state index in [1.165, 1.54) is 19.1 Å². The van der Waals surface area contributed by atoms with E-state index in [-0.39, 0.29) is 50.7 Å². The molecule has 0 unspecified atom stereocenters. The smallest absolute Gasteiger partial charge is 0.347 e. The largest absolute Gasteiger partial charge is 0.478 e. The quantitative estimate of drug-likeness (QED) is 0.461. The van der Waals surface area contributed by atoms with Crippen molar-refractivity contribution in [3.8, 4) is 11.1 Å². The zero-order valence-corrected chi connectivity index (χ0v) is 14.0. The fourth-order valence-corrected chi connectivity index (χ4v) is 2.79. The highest BCUT2D eigenvalue weighted by Gasteiger charge is 2.33. The highest BCUT2D eigenvalue weighted by molar-refractivity contribution is 6.28. The Bertz CT molecular complexity index is 1010. The molecule has 1 aliphatic carbocycles. The molecule has 1 atom stereocenters. The molecule has 0 saturated carbocycles. The van der Waals surface area contributed by atoms with E-state index in [9.17, 15) is 24.4 Å². The van der Waals surface area contributed by atoms with Crippen LogP contribution in [0.5, 0.6) is 0 Å². The Labute approximate surface area is 155 Å². The van der Waals surface area contributed by atoms with Crippen molar-refractivity contribution in [1.29, 1.82) is 0 Å². The van der Waals surface area contributed by atoms with Crippen LogP contribution in [0.4, 0.5) is 22.7 Å². The van der Waals surface area contributed by atoms with Gasteiger partial charge in [-0.2, -0.15) is 0 Å². The Kier molecular flexibility index (Phi) is 4.76. The van der Waals surface area contributed by atoms with Crippen LogP contribution in [0, 0.1) is 19.6 Å². The fourth-order valence-electron chi connectivity index (χ4n) is 2.79. The molecule has 0 aromatic heterocycles. The number of hydrogen-bond donors (Lipinski definition) is 1. The molecule has 3 rings (SSSR count). The zero-order chi connectivity index (χ0) is 20.4. The molecule has 1 N–H and O–H groups in total. The number of hydrogen-bond acceptors (Lipinski definition) is 11. The van der Waals surface area contributed by atoms with E-state index in [4.69, 9.17) is 9.94 Å². The van der Waals surface area contributed by atoms with Gasteiger partial charge in [0.05, 0.1) is 0 Å². The van der Waals surface area contributed by atoms with Gasteiger partial charge in [0, 0.05) is 22.3 Å². The molecule has 0 amide bonds. The van der Waals surface area contributed by atoms with Crippen molar-refractivity contribution in [2.24, 2.45) is 25.9 Å². The van der Waals surface area contributed by atoms with E-state index in [0.717, 1.165) is 12.1 Å². The number of fused-ring (bicyclic) bond motifs is 3. The molecular formula is C16H9N5O7. The summed E-state index contributed by atoms with van der Waals surface area (Å²) in [7, 11) is 0. The van der Waals surface area contributed by atoms with Gasteiger partial charge in [-0.05, 0) is 51.9 Å². The molecule has 1 aliphatic rings. The summed E-state index contributed by atoms with van der Waals surface area (Å²) in [6, 6.07) is 4.72. The Hall–Kier alpha value is -4.22. The van der Waals surface area contributed by atoms with Crippen molar-refractivity contribution >= 4 is 34.4 Å². The van der Waals surface area contributed by atoms with Crippen LogP contribution < -0.4 is 0 Å². The molecule has 0 radical (unpaired) electrons. The van der Waals surface area contributed by atoms with E-state index in [1.807, 2.05) is 0 Å². The predicted octanol–water partition coefficient (Wildman–Crippen LogP) is 4.50. The van der Waals surface area contributed by atoms with Gasteiger partial charge < -0.3 is 9.94 Å². The minimum atomic E-state index is -1.33. The summed E-state index contributed by atoms with van der Waals surface area (Å²) in [6.07, 6.45) is -1.33. The average Bonchev–Trinajstić information content (AvgIpc) is 3.03. The Morgan fingerprint density at radius 3 is 1.68 bits per heavy atom. The normalized spacial score (nSPS) is 12.4. The van der Waals surface area contributed by atoms with Gasteiger partial charge in [0.2, 0.25) is 6.10 Å². The lowest BCUT2D eigenvalue weighted by molar-refractivity contribution is -0.149. The predicted molar refractivity (Wildman–Crippen MR) is 97.5 cm³/mol. The molecule has 12 nitrogen and oxygen atoms in total. The maximum atomic E-state index is 11.3. The van der Waals surface area contributed by atoms with Gasteiger partial charge >= 0.3 is 5.97 Å². The van der Waals surface area contributed by atoms with Crippen LogP contribution in [0.3, 0.4) is 0 Å². The van der Waals surface area contributed by atoms with E-state index >= 15 is 0 Å². The van der Waals surface area contributed by atoms with Gasteiger partial charge in [0.25, 0.3) is 0 Å². The van der Waals surface area contributed by atoms with E-state index in [2.05, 4.69) is 25.9 Å². The van der Waals surface area contributed by atoms with Crippen LogP contribution in [0.1, 0.15) is 18.1 Å². The highest BCUT2D eigenvalue weighted by Crippen LogP contribution is 2.50. The molecule has 0 spiro atoms. The molecule has 2 aromatic rings. The zero-order valence-electron chi connectivity index (χ0n) is 14.0. The first-order chi connectivity index (χ1) is 13.4. The number of nitroso groups, excluding NO2 is 4. The fraction of sp³-hybridized carbons (Fsp3) is 0.125. The second-order valence-electron chi connectivity index (χ2n) is 5.67. The van der Waals surface area contributed by atoms with Crippen molar-refractivity contribution in [2.45, 2.75) is 13.0 Å². The van der Waals surface area contributed by atoms with Crippen LogP contribution in [0.15, 0.2) is 50.1 Å². The lowest BCUT2D eigenvalue weighted by Gasteiger charge is -2.07. The third-order valence-electron chi connectivity index (χ3n) is 4.02. The molecule has 12 heteroatoms. The summed E-state index contributed by atoms with van der Waals surface area (Å²) in [5.74, 6) is -1.29. The van der Waals surface area contributed by atoms with Gasteiger partial charge in [-0.1, -0.05) is 5.16 Å². The number of carboxylic acid groups (broad SMARTS) is 1. The van der Waals surface area contributed by atoms with Gasteiger partial charge in [-0.3, -0.25) is 0 Å². The number of carbonyl (C=O) groups is 1. The minimum Gasteiger partial charge on any atom is -0.478 e. The lowest BCUT2D eigenvalue weighted by atomic mass is 10.0. The number of carboxylic acids is 1. The Morgan fingerprint density at radius 2 is 1.32 bits per heavy atom. The van der Waals surface area contributed by atoms with Crippen molar-refractivity contribution < 1.29 is 14.7 Å². The van der Waals surface area contributed by atoms with Gasteiger partial charge in [0.1, 0.15) is 28.5 Å². The molecule has 0 saturated heterocycles. The summed E-state index contributed by atoms with van der Waals surface area (Å²) in [6.45, 7) is 1.23. The van der Waals surface area contributed by atoms with Crippen LogP contribution in [0.25, 0.3) is 11.1 Å². The van der Waals surface area contributed by atoms with E-state index in [0.29, 0.717) is 0 Å². The molecule has 0 aliphatic heterocycles. The molecule has 140 valence electrons. The maximum Gasteiger partial charge on any atom is 0.347 e. The first-order valence-electron chi connectivity index (χ1n) is 7.62. The summed E-state index contributed by atoms with van der Waals surface area (Å²) in [4.78, 5) is 60.5. The van der Waals surface area contributed by atoms with Crippen LogP contribution >= 0.6 is 0 Å². The lowest BCUT2D eigenvalue weighted by Crippen LogP contribution is -2.18. The number of aliphatic carboxylic acids is 1. The molecule has 28 heavy (non-hydrogen) atoms. The summed E-state index contributed by atoms with van der Waals surface area (Å²) < 4.78 is 0. The first-order valence-corrected chi connectivity index (χ1v) is 7.62. The third kappa shape index (κ3) is 2.92. The van der Waals surface area contributed by atoms with Crippen LogP contribution in [0.2, 0.25) is 0 Å². The third-order valence-corrected chi connectivity index (χ3v) is 4.02. The second kappa shape index (κ2) is 7.19. The standard InChI is InChI=1S/C16H9N5O7/c1-6(16(22)23)28-21-15-9-2-7(17-24)4-11(19-26)13(9)14-10(15)3-8(18-25)5-12(14)20-27/h2-6H,1H3,(H,22,23)/t6-/m0/s1.